The topological polar surface area (TPSA) is 100 Å². The average Bonchev–Trinajstić information content (AvgIpc) is 2.89. The van der Waals surface area contributed by atoms with Crippen molar-refractivity contribution < 1.29 is 14.3 Å². The van der Waals surface area contributed by atoms with Gasteiger partial charge < -0.3 is 15.3 Å². The maximum Gasteiger partial charge on any atom is 0.355 e. The Morgan fingerprint density at radius 2 is 1.95 bits per heavy atom. The predicted octanol–water partition coefficient (Wildman–Crippen LogP) is 5.17. The van der Waals surface area contributed by atoms with Gasteiger partial charge in [-0.3, -0.25) is 0 Å². The Kier molecular flexibility index (Phi) is 7.13. The molecule has 0 saturated carbocycles. The van der Waals surface area contributed by atoms with Crippen LogP contribution in [0.25, 0.3) is 28.0 Å². The molecule has 2 aromatic carbocycles. The molecule has 2 N–H and O–H groups in total. The van der Waals surface area contributed by atoms with Crippen LogP contribution in [-0.2, 0) is 0 Å². The molecule has 1 aliphatic rings. The van der Waals surface area contributed by atoms with E-state index in [0.29, 0.717) is 41.1 Å². The van der Waals surface area contributed by atoms with Crippen molar-refractivity contribution in [1.29, 1.82) is 0 Å². The molecular weight excluding hydrogens is 521 g/mol. The van der Waals surface area contributed by atoms with Crippen LogP contribution in [0.1, 0.15) is 48.2 Å². The highest BCUT2D eigenvalue weighted by Crippen LogP contribution is 2.36. The van der Waals surface area contributed by atoms with E-state index >= 15 is 0 Å². The summed E-state index contributed by atoms with van der Waals surface area (Å²) in [6, 6.07) is 11.0. The molecule has 202 valence electrons. The van der Waals surface area contributed by atoms with Crippen molar-refractivity contribution in [3.63, 3.8) is 0 Å². The van der Waals surface area contributed by atoms with Crippen LogP contribution in [-0.4, -0.2) is 51.3 Å². The first-order chi connectivity index (χ1) is 18.6. The number of halogens is 2. The molecular formula is C29H29ClFN5O3. The number of nitrogens with one attached hydrogen (secondary N) is 1. The van der Waals surface area contributed by atoms with Crippen molar-refractivity contribution in [2.24, 2.45) is 0 Å². The Bertz CT molecular complexity index is 1670. The lowest BCUT2D eigenvalue weighted by Crippen LogP contribution is -2.50. The maximum absolute atomic E-state index is 14.9. The van der Waals surface area contributed by atoms with Crippen LogP contribution in [0.4, 0.5) is 10.2 Å². The first kappa shape index (κ1) is 26.8. The molecule has 1 fully saturated rings. The monoisotopic (exact) mass is 549 g/mol. The zero-order valence-corrected chi connectivity index (χ0v) is 22.9. The number of aryl methyl sites for hydroxylation is 1. The lowest BCUT2D eigenvalue weighted by atomic mass is 9.95. The zero-order chi connectivity index (χ0) is 28.0. The normalized spacial score (nSPS) is 15.8. The summed E-state index contributed by atoms with van der Waals surface area (Å²) in [5.41, 5.74) is 1.98. The number of carbonyl (C=O) groups is 1. The molecule has 3 heterocycles. The molecule has 0 spiro atoms. The van der Waals surface area contributed by atoms with E-state index in [2.05, 4.69) is 15.2 Å². The van der Waals surface area contributed by atoms with E-state index in [-0.39, 0.29) is 39.5 Å². The number of rotatable bonds is 5. The number of aromatic nitrogens is 3. The van der Waals surface area contributed by atoms with E-state index in [0.717, 1.165) is 6.54 Å². The van der Waals surface area contributed by atoms with Crippen molar-refractivity contribution in [3.05, 3.63) is 80.5 Å². The Hall–Kier alpha value is -3.82. The average molecular weight is 550 g/mol. The van der Waals surface area contributed by atoms with Crippen LogP contribution in [0.3, 0.4) is 0 Å². The van der Waals surface area contributed by atoms with Gasteiger partial charge in [0.2, 0.25) is 0 Å². The van der Waals surface area contributed by atoms with Crippen molar-refractivity contribution in [2.45, 2.75) is 39.7 Å². The van der Waals surface area contributed by atoms with Crippen molar-refractivity contribution in [2.75, 3.05) is 24.5 Å². The number of hydrogen-bond donors (Lipinski definition) is 2. The van der Waals surface area contributed by atoms with Gasteiger partial charge in [-0.1, -0.05) is 37.6 Å². The van der Waals surface area contributed by atoms with Crippen LogP contribution >= 0.6 is 11.6 Å². The Morgan fingerprint density at radius 3 is 2.62 bits per heavy atom. The minimum atomic E-state index is -1.06. The first-order valence-electron chi connectivity index (χ1n) is 12.8. The van der Waals surface area contributed by atoms with Crippen LogP contribution in [0, 0.1) is 12.7 Å². The summed E-state index contributed by atoms with van der Waals surface area (Å²) in [5.74, 6) is -1.21. The molecule has 0 bridgehead atoms. The third kappa shape index (κ3) is 4.77. The molecule has 2 aromatic heterocycles. The molecule has 8 nitrogen and oxygen atoms in total. The van der Waals surface area contributed by atoms with E-state index < -0.39 is 17.5 Å². The van der Waals surface area contributed by atoms with Gasteiger partial charge in [0.25, 0.3) is 0 Å². The van der Waals surface area contributed by atoms with Gasteiger partial charge in [0.05, 0.1) is 27.4 Å². The first-order valence-corrected chi connectivity index (χ1v) is 13.2. The minimum absolute atomic E-state index is 0.0533. The van der Waals surface area contributed by atoms with Gasteiger partial charge in [0.1, 0.15) is 11.6 Å². The number of nitrogens with zero attached hydrogens (tertiary/aromatic N) is 4. The fraction of sp³-hybridized carbons (Fsp3) is 0.310. The highest BCUT2D eigenvalue weighted by atomic mass is 35.5. The summed E-state index contributed by atoms with van der Waals surface area (Å²) in [6.07, 6.45) is 0. The van der Waals surface area contributed by atoms with Crippen molar-refractivity contribution in [1.82, 2.24) is 19.9 Å². The summed E-state index contributed by atoms with van der Waals surface area (Å²) in [7, 11) is 0. The number of piperazine rings is 1. The van der Waals surface area contributed by atoms with E-state index in [4.69, 9.17) is 16.6 Å². The summed E-state index contributed by atoms with van der Waals surface area (Å²) in [6.45, 7) is 9.72. The Labute approximate surface area is 230 Å². The van der Waals surface area contributed by atoms with Gasteiger partial charge in [0.15, 0.2) is 5.65 Å². The predicted molar refractivity (Wildman–Crippen MR) is 151 cm³/mol. The van der Waals surface area contributed by atoms with E-state index in [1.807, 2.05) is 20.8 Å². The van der Waals surface area contributed by atoms with Gasteiger partial charge in [0, 0.05) is 31.2 Å². The highest BCUT2D eigenvalue weighted by Gasteiger charge is 2.27. The third-order valence-corrected chi connectivity index (χ3v) is 7.41. The lowest BCUT2D eigenvalue weighted by Gasteiger charge is -2.35. The zero-order valence-electron chi connectivity index (χ0n) is 22.1. The van der Waals surface area contributed by atoms with Crippen molar-refractivity contribution in [3.8, 4) is 16.9 Å². The minimum Gasteiger partial charge on any atom is -0.478 e. The van der Waals surface area contributed by atoms with E-state index in [1.165, 1.54) is 16.7 Å². The summed E-state index contributed by atoms with van der Waals surface area (Å²) in [4.78, 5) is 37.1. The number of fused-ring (bicyclic) bond motifs is 1. The molecule has 39 heavy (non-hydrogen) atoms. The van der Waals surface area contributed by atoms with Crippen LogP contribution in [0.15, 0.2) is 47.3 Å². The Balaban J connectivity index is 1.91. The number of carboxylic acids is 1. The molecule has 0 radical (unpaired) electrons. The second-order valence-electron chi connectivity index (χ2n) is 10.2. The smallest absolute Gasteiger partial charge is 0.355 e. The molecule has 1 atom stereocenters. The van der Waals surface area contributed by atoms with Gasteiger partial charge in [-0.2, -0.15) is 4.98 Å². The molecule has 1 saturated heterocycles. The number of pyridine rings is 1. The summed E-state index contributed by atoms with van der Waals surface area (Å²) < 4.78 is 16.3. The fourth-order valence-electron chi connectivity index (χ4n) is 5.20. The standard InChI is InChI=1S/C29H29ClFN5O3/c1-15(2)20-12-18(28(37)38)11-16(3)25(20)36-27-21(26(34-29(36)39)35-10-9-32-14-17(35)4)13-22(30)24(33-27)19-7-5-6-8-23(19)31/h5-8,11-13,15,17,32H,9-10,14H2,1-4H3,(H,37,38)/t17-/m0/s1. The quantitative estimate of drug-likeness (QED) is 0.354. The van der Waals surface area contributed by atoms with Gasteiger partial charge in [-0.25, -0.2) is 23.5 Å². The largest absolute Gasteiger partial charge is 0.478 e. The number of benzene rings is 2. The van der Waals surface area contributed by atoms with E-state index in [9.17, 15) is 19.1 Å². The highest BCUT2D eigenvalue weighted by molar-refractivity contribution is 6.33. The second-order valence-corrected chi connectivity index (χ2v) is 10.6. The Morgan fingerprint density at radius 1 is 1.21 bits per heavy atom. The number of hydrogen-bond acceptors (Lipinski definition) is 6. The lowest BCUT2D eigenvalue weighted by molar-refractivity contribution is 0.0696. The maximum atomic E-state index is 14.9. The van der Waals surface area contributed by atoms with E-state index in [1.54, 1.807) is 37.3 Å². The molecule has 4 aromatic rings. The van der Waals surface area contributed by atoms with Gasteiger partial charge in [-0.05, 0) is 61.2 Å². The number of carboxylic acid groups (broad SMARTS) is 1. The van der Waals surface area contributed by atoms with Gasteiger partial charge >= 0.3 is 11.7 Å². The molecule has 5 rings (SSSR count). The molecule has 10 heteroatoms. The van der Waals surface area contributed by atoms with Crippen LogP contribution in [0.2, 0.25) is 5.02 Å². The third-order valence-electron chi connectivity index (χ3n) is 7.13. The molecule has 1 aliphatic heterocycles. The second kappa shape index (κ2) is 10.4. The van der Waals surface area contributed by atoms with Crippen LogP contribution < -0.4 is 15.9 Å². The number of aromatic carboxylic acids is 1. The van der Waals surface area contributed by atoms with Gasteiger partial charge in [-0.15, -0.1) is 0 Å². The summed E-state index contributed by atoms with van der Waals surface area (Å²) >= 11 is 6.72. The number of anilines is 1. The van der Waals surface area contributed by atoms with Crippen molar-refractivity contribution >= 4 is 34.4 Å². The molecule has 0 unspecified atom stereocenters. The molecule has 0 amide bonds. The summed E-state index contributed by atoms with van der Waals surface area (Å²) in [5, 5.41) is 13.8. The fourth-order valence-corrected chi connectivity index (χ4v) is 5.45. The molecule has 0 aliphatic carbocycles. The SMILES string of the molecule is Cc1cc(C(=O)O)cc(C(C)C)c1-n1c(=O)nc(N2CCNC[C@@H]2C)c2cc(Cl)c(-c3ccccc3F)nc21. The van der Waals surface area contributed by atoms with Crippen LogP contribution in [0.5, 0.6) is 0 Å².